The number of hydrogen-bond donors (Lipinski definition) is 0. The van der Waals surface area contributed by atoms with Crippen molar-refractivity contribution in [1.82, 2.24) is 0 Å². The molecule has 0 unspecified atom stereocenters. The Morgan fingerprint density at radius 3 is 2.26 bits per heavy atom. The number of carbonyl (C=O) groups is 1. The number of hydrogen-bond acceptors (Lipinski definition) is 2. The maximum atomic E-state index is 13.4. The van der Waals surface area contributed by atoms with Crippen LogP contribution in [0.1, 0.15) is 15.9 Å². The number of benzene rings is 1. The van der Waals surface area contributed by atoms with Crippen molar-refractivity contribution >= 4 is 40.8 Å². The summed E-state index contributed by atoms with van der Waals surface area (Å²) in [5.41, 5.74) is -2.70. The average molecular weight is 339 g/mol. The van der Waals surface area contributed by atoms with Gasteiger partial charge in [0.05, 0.1) is 5.56 Å². The third kappa shape index (κ3) is 4.71. The van der Waals surface area contributed by atoms with Crippen LogP contribution in [0.5, 0.6) is 0 Å². The molecule has 2 nitrogen and oxygen atoms in total. The summed E-state index contributed by atoms with van der Waals surface area (Å²) < 4.78 is 53.5. The number of rotatable bonds is 2. The van der Waals surface area contributed by atoms with Gasteiger partial charge in [0, 0.05) is 0 Å². The van der Waals surface area contributed by atoms with Crippen LogP contribution in [0.2, 0.25) is 0 Å². The number of halogens is 7. The fraction of sp³-hybridized carbons (Fsp3) is 0.300. The van der Waals surface area contributed by atoms with Gasteiger partial charge >= 0.3 is 12.1 Å². The molecule has 0 bridgehead atoms. The lowest BCUT2D eigenvalue weighted by Gasteiger charge is -2.15. The molecule has 0 heterocycles. The molecular weight excluding hydrogens is 334 g/mol. The van der Waals surface area contributed by atoms with Crippen molar-refractivity contribution in [2.75, 3.05) is 6.61 Å². The second-order valence-corrected chi connectivity index (χ2v) is 5.87. The Bertz CT molecular complexity index is 483. The quantitative estimate of drug-likeness (QED) is 0.454. The third-order valence-electron chi connectivity index (χ3n) is 1.89. The first-order valence-corrected chi connectivity index (χ1v) is 5.75. The molecule has 1 rings (SSSR count). The first-order chi connectivity index (χ1) is 8.52. The summed E-state index contributed by atoms with van der Waals surface area (Å²) in [5.74, 6) is -2.93. The van der Waals surface area contributed by atoms with Gasteiger partial charge in [-0.2, -0.15) is 13.2 Å². The minimum absolute atomic E-state index is 0.551. The van der Waals surface area contributed by atoms with Gasteiger partial charge in [0.15, 0.2) is 0 Å². The molecule has 9 heteroatoms. The molecule has 0 aliphatic rings. The van der Waals surface area contributed by atoms with Crippen LogP contribution in [0.25, 0.3) is 0 Å². The Hall–Kier alpha value is -0.720. The molecule has 106 valence electrons. The Morgan fingerprint density at radius 2 is 1.79 bits per heavy atom. The van der Waals surface area contributed by atoms with Crippen molar-refractivity contribution in [2.24, 2.45) is 0 Å². The molecule has 0 aromatic heterocycles. The van der Waals surface area contributed by atoms with E-state index in [-0.39, 0.29) is 0 Å². The Morgan fingerprint density at radius 1 is 1.21 bits per heavy atom. The number of carbonyl (C=O) groups excluding carboxylic acids is 1. The van der Waals surface area contributed by atoms with Crippen LogP contribution in [0.3, 0.4) is 0 Å². The minimum Gasteiger partial charge on any atom is -0.457 e. The predicted molar refractivity (Wildman–Crippen MR) is 62.0 cm³/mol. The molecule has 19 heavy (non-hydrogen) atoms. The largest absolute Gasteiger partial charge is 0.457 e. The van der Waals surface area contributed by atoms with E-state index in [2.05, 4.69) is 4.74 Å². The van der Waals surface area contributed by atoms with Crippen molar-refractivity contribution in [1.29, 1.82) is 0 Å². The van der Waals surface area contributed by atoms with E-state index in [0.717, 1.165) is 6.07 Å². The fourth-order valence-corrected chi connectivity index (χ4v) is 1.35. The van der Waals surface area contributed by atoms with Gasteiger partial charge in [-0.1, -0.05) is 40.9 Å². The standard InChI is InChI=1S/C10H5Cl3F4O2/c11-9(12,13)4-19-8(18)7-5(10(15,16)17)2-1-3-6(7)14/h1-3H,4H2. The summed E-state index contributed by atoms with van der Waals surface area (Å²) in [6, 6.07) is 2.07. The molecule has 0 fully saturated rings. The molecule has 0 saturated heterocycles. The van der Waals surface area contributed by atoms with E-state index in [1.165, 1.54) is 0 Å². The molecule has 0 aliphatic carbocycles. The summed E-state index contributed by atoms with van der Waals surface area (Å²) in [5, 5.41) is 0. The maximum Gasteiger partial charge on any atom is 0.417 e. The predicted octanol–water partition coefficient (Wildman–Crippen LogP) is 4.37. The van der Waals surface area contributed by atoms with E-state index in [1.807, 2.05) is 0 Å². The number of esters is 1. The van der Waals surface area contributed by atoms with Crippen molar-refractivity contribution in [3.05, 3.63) is 35.1 Å². The zero-order valence-corrected chi connectivity index (χ0v) is 11.2. The van der Waals surface area contributed by atoms with Gasteiger partial charge in [0.2, 0.25) is 3.79 Å². The van der Waals surface area contributed by atoms with Gasteiger partial charge in [-0.05, 0) is 12.1 Å². The van der Waals surface area contributed by atoms with E-state index >= 15 is 0 Å². The van der Waals surface area contributed by atoms with Crippen LogP contribution >= 0.6 is 34.8 Å². The number of alkyl halides is 6. The van der Waals surface area contributed by atoms with E-state index in [0.29, 0.717) is 12.1 Å². The van der Waals surface area contributed by atoms with E-state index < -0.39 is 39.5 Å². The van der Waals surface area contributed by atoms with Crippen LogP contribution in [0.4, 0.5) is 17.6 Å². The molecule has 1 aromatic rings. The summed E-state index contributed by atoms with van der Waals surface area (Å²) in [7, 11) is 0. The van der Waals surface area contributed by atoms with Gasteiger partial charge in [-0.3, -0.25) is 0 Å². The molecule has 0 atom stereocenters. The van der Waals surface area contributed by atoms with E-state index in [4.69, 9.17) is 34.8 Å². The smallest absolute Gasteiger partial charge is 0.417 e. The molecule has 1 aromatic carbocycles. The molecule has 0 radical (unpaired) electrons. The molecule has 0 amide bonds. The molecule has 0 saturated carbocycles. The second kappa shape index (κ2) is 5.73. The van der Waals surface area contributed by atoms with Crippen LogP contribution in [-0.4, -0.2) is 16.4 Å². The van der Waals surface area contributed by atoms with Gasteiger partial charge in [0.25, 0.3) is 0 Å². The van der Waals surface area contributed by atoms with Gasteiger partial charge in [0.1, 0.15) is 18.0 Å². The van der Waals surface area contributed by atoms with E-state index in [9.17, 15) is 22.4 Å². The first kappa shape index (κ1) is 16.3. The van der Waals surface area contributed by atoms with Gasteiger partial charge in [-0.25, -0.2) is 9.18 Å². The minimum atomic E-state index is -4.91. The van der Waals surface area contributed by atoms with Crippen LogP contribution in [0.15, 0.2) is 18.2 Å². The zero-order chi connectivity index (χ0) is 14.8. The molecule has 0 N–H and O–H groups in total. The van der Waals surface area contributed by atoms with Gasteiger partial charge in [-0.15, -0.1) is 0 Å². The molecule has 0 aliphatic heterocycles. The summed E-state index contributed by atoms with van der Waals surface area (Å²) in [4.78, 5) is 11.4. The fourth-order valence-electron chi connectivity index (χ4n) is 1.19. The van der Waals surface area contributed by atoms with Crippen molar-refractivity contribution < 1.29 is 27.1 Å². The Kier molecular flexibility index (Phi) is 4.92. The first-order valence-electron chi connectivity index (χ1n) is 4.62. The summed E-state index contributed by atoms with van der Waals surface area (Å²) in [6.45, 7) is -0.803. The second-order valence-electron chi connectivity index (χ2n) is 3.35. The Labute approximate surface area is 120 Å². The lowest BCUT2D eigenvalue weighted by atomic mass is 10.1. The van der Waals surface area contributed by atoms with Crippen LogP contribution in [0, 0.1) is 5.82 Å². The monoisotopic (exact) mass is 338 g/mol. The average Bonchev–Trinajstić information content (AvgIpc) is 2.23. The van der Waals surface area contributed by atoms with Crippen molar-refractivity contribution in [3.63, 3.8) is 0 Å². The highest BCUT2D eigenvalue weighted by Gasteiger charge is 2.37. The van der Waals surface area contributed by atoms with Crippen molar-refractivity contribution in [2.45, 2.75) is 9.97 Å². The zero-order valence-electron chi connectivity index (χ0n) is 8.90. The highest BCUT2D eigenvalue weighted by atomic mass is 35.6. The SMILES string of the molecule is O=C(OCC(Cl)(Cl)Cl)c1c(F)cccc1C(F)(F)F. The lowest BCUT2D eigenvalue weighted by molar-refractivity contribution is -0.138. The molecule has 0 spiro atoms. The lowest BCUT2D eigenvalue weighted by Crippen LogP contribution is -2.21. The number of ether oxygens (including phenoxy) is 1. The van der Waals surface area contributed by atoms with Gasteiger partial charge < -0.3 is 4.74 Å². The summed E-state index contributed by atoms with van der Waals surface area (Å²) in [6.07, 6.45) is -4.91. The van der Waals surface area contributed by atoms with Crippen molar-refractivity contribution in [3.8, 4) is 0 Å². The third-order valence-corrected chi connectivity index (χ3v) is 2.22. The Balaban J connectivity index is 3.09. The highest BCUT2D eigenvalue weighted by Crippen LogP contribution is 2.34. The van der Waals surface area contributed by atoms with Crippen LogP contribution < -0.4 is 0 Å². The highest BCUT2D eigenvalue weighted by molar-refractivity contribution is 6.67. The van der Waals surface area contributed by atoms with E-state index in [1.54, 1.807) is 0 Å². The maximum absolute atomic E-state index is 13.4. The normalized spacial score (nSPS) is 12.4. The topological polar surface area (TPSA) is 26.3 Å². The summed E-state index contributed by atoms with van der Waals surface area (Å²) >= 11 is 15.8. The molecular formula is C10H5Cl3F4O2. The van der Waals surface area contributed by atoms with Crippen LogP contribution in [-0.2, 0) is 10.9 Å².